The van der Waals surface area contributed by atoms with Crippen molar-refractivity contribution in [3.63, 3.8) is 0 Å². The van der Waals surface area contributed by atoms with Gasteiger partial charge in [-0.3, -0.25) is 24.0 Å². The highest BCUT2D eigenvalue weighted by atomic mass is 35.5. The minimum absolute atomic E-state index is 0.00648. The Bertz CT molecular complexity index is 1700. The van der Waals surface area contributed by atoms with E-state index < -0.39 is 44.0 Å². The molecule has 1 N–H and O–H groups in total. The standard InChI is InChI=1S/C31H34Cl2N4O7S/c1-20-11-13-26(17-27(20)37(40)41)45(42,43)36(28-16-24(33)12-14-29(28)44-3)19-30(38)35(18-22-7-6-8-23(32)15-22)21(2)31(39)34-25-9-4-5-10-25/h6-8,11-17,21,25H,4-5,9-10,18-19H2,1-3H3,(H,34,39)/t21-/m1/s1. The molecule has 0 bridgehead atoms. The summed E-state index contributed by atoms with van der Waals surface area (Å²) >= 11 is 12.5. The van der Waals surface area contributed by atoms with E-state index in [0.717, 1.165) is 36.1 Å². The summed E-state index contributed by atoms with van der Waals surface area (Å²) in [5.74, 6) is -0.997. The fourth-order valence-corrected chi connectivity index (χ4v) is 7.07. The number of carbonyl (C=O) groups is 2. The van der Waals surface area contributed by atoms with Gasteiger partial charge in [0.15, 0.2) is 0 Å². The highest BCUT2D eigenvalue weighted by molar-refractivity contribution is 7.92. The Morgan fingerprint density at radius 2 is 1.76 bits per heavy atom. The molecule has 0 unspecified atom stereocenters. The van der Waals surface area contributed by atoms with Crippen molar-refractivity contribution in [1.82, 2.24) is 10.2 Å². The van der Waals surface area contributed by atoms with Gasteiger partial charge in [0.25, 0.3) is 15.7 Å². The molecule has 0 spiro atoms. The Kier molecular flexibility index (Phi) is 10.9. The maximum absolute atomic E-state index is 14.2. The number of methoxy groups -OCH3 is 1. The predicted octanol–water partition coefficient (Wildman–Crippen LogP) is 5.89. The number of sulfonamides is 1. The fourth-order valence-electron chi connectivity index (χ4n) is 5.25. The predicted molar refractivity (Wildman–Crippen MR) is 172 cm³/mol. The Morgan fingerprint density at radius 1 is 1.07 bits per heavy atom. The minimum atomic E-state index is -4.63. The second-order valence-corrected chi connectivity index (χ2v) is 13.6. The number of anilines is 1. The molecule has 4 rings (SSSR count). The third-order valence-corrected chi connectivity index (χ3v) is 9.99. The van der Waals surface area contributed by atoms with E-state index >= 15 is 0 Å². The van der Waals surface area contributed by atoms with Crippen molar-refractivity contribution in [3.8, 4) is 5.75 Å². The van der Waals surface area contributed by atoms with Gasteiger partial charge in [-0.2, -0.15) is 0 Å². The van der Waals surface area contributed by atoms with Crippen LogP contribution in [0.5, 0.6) is 5.75 Å². The number of hydrogen-bond donors (Lipinski definition) is 1. The highest BCUT2D eigenvalue weighted by Crippen LogP contribution is 2.36. The number of amides is 2. The van der Waals surface area contributed by atoms with Crippen LogP contribution in [0.25, 0.3) is 0 Å². The van der Waals surface area contributed by atoms with E-state index in [-0.39, 0.29) is 40.5 Å². The van der Waals surface area contributed by atoms with E-state index in [9.17, 15) is 28.1 Å². The molecule has 0 aromatic heterocycles. The lowest BCUT2D eigenvalue weighted by atomic mass is 10.1. The first-order chi connectivity index (χ1) is 21.3. The first kappa shape index (κ1) is 34.0. The topological polar surface area (TPSA) is 139 Å². The van der Waals surface area contributed by atoms with Gasteiger partial charge >= 0.3 is 0 Å². The molecule has 1 aliphatic rings. The van der Waals surface area contributed by atoms with Crippen LogP contribution < -0.4 is 14.4 Å². The Hall–Kier alpha value is -3.87. The molecule has 0 radical (unpaired) electrons. The van der Waals surface area contributed by atoms with Gasteiger partial charge in [0.05, 0.1) is 22.6 Å². The molecule has 1 fully saturated rings. The first-order valence-corrected chi connectivity index (χ1v) is 16.5. The van der Waals surface area contributed by atoms with Gasteiger partial charge in [0.1, 0.15) is 18.3 Å². The zero-order chi connectivity index (χ0) is 32.9. The van der Waals surface area contributed by atoms with Crippen molar-refractivity contribution < 1.29 is 27.7 Å². The molecule has 45 heavy (non-hydrogen) atoms. The molecular weight excluding hydrogens is 643 g/mol. The molecule has 1 saturated carbocycles. The average molecular weight is 678 g/mol. The van der Waals surface area contributed by atoms with Crippen molar-refractivity contribution >= 4 is 56.4 Å². The normalized spacial score (nSPS) is 14.1. The number of nitro benzene ring substituents is 1. The quantitative estimate of drug-likeness (QED) is 0.186. The molecule has 0 saturated heterocycles. The van der Waals surface area contributed by atoms with E-state index in [1.54, 1.807) is 31.2 Å². The molecule has 2 amide bonds. The van der Waals surface area contributed by atoms with Crippen LogP contribution in [0.1, 0.15) is 43.7 Å². The zero-order valence-electron chi connectivity index (χ0n) is 25.0. The van der Waals surface area contributed by atoms with Crippen LogP contribution >= 0.6 is 23.2 Å². The lowest BCUT2D eigenvalue weighted by molar-refractivity contribution is -0.385. The highest BCUT2D eigenvalue weighted by Gasteiger charge is 2.35. The Labute approximate surface area is 272 Å². The number of rotatable bonds is 12. The monoisotopic (exact) mass is 676 g/mol. The number of aryl methyl sites for hydroxylation is 1. The van der Waals surface area contributed by atoms with Gasteiger partial charge in [-0.1, -0.05) is 54.2 Å². The number of nitrogens with one attached hydrogen (secondary N) is 1. The van der Waals surface area contributed by atoms with E-state index in [2.05, 4.69) is 5.32 Å². The van der Waals surface area contributed by atoms with Crippen LogP contribution in [0.2, 0.25) is 10.0 Å². The molecule has 1 aliphatic carbocycles. The number of hydrogen-bond acceptors (Lipinski definition) is 7. The van der Waals surface area contributed by atoms with Crippen molar-refractivity contribution in [2.75, 3.05) is 18.0 Å². The lowest BCUT2D eigenvalue weighted by Crippen LogP contribution is -2.52. The summed E-state index contributed by atoms with van der Waals surface area (Å²) in [6.07, 6.45) is 3.67. The minimum Gasteiger partial charge on any atom is -0.495 e. The van der Waals surface area contributed by atoms with Crippen LogP contribution in [-0.4, -0.2) is 55.8 Å². The van der Waals surface area contributed by atoms with Crippen LogP contribution in [-0.2, 0) is 26.2 Å². The molecule has 0 heterocycles. The average Bonchev–Trinajstić information content (AvgIpc) is 3.51. The number of nitro groups is 1. The van der Waals surface area contributed by atoms with Gasteiger partial charge in [0, 0.05) is 34.3 Å². The molecule has 1 atom stereocenters. The van der Waals surface area contributed by atoms with Gasteiger partial charge < -0.3 is 15.0 Å². The molecular formula is C31H34Cl2N4O7S. The van der Waals surface area contributed by atoms with Crippen LogP contribution in [0, 0.1) is 17.0 Å². The SMILES string of the molecule is COc1ccc(Cl)cc1N(CC(=O)N(Cc1cccc(Cl)c1)[C@H](C)C(=O)NC1CCCC1)S(=O)(=O)c1ccc(C)c([N+](=O)[O-])c1. The van der Waals surface area contributed by atoms with Crippen molar-refractivity contribution in [1.29, 1.82) is 0 Å². The van der Waals surface area contributed by atoms with E-state index in [1.807, 2.05) is 0 Å². The van der Waals surface area contributed by atoms with E-state index in [1.165, 1.54) is 49.3 Å². The second kappa shape index (κ2) is 14.5. The van der Waals surface area contributed by atoms with E-state index in [0.29, 0.717) is 10.6 Å². The Morgan fingerprint density at radius 3 is 2.40 bits per heavy atom. The van der Waals surface area contributed by atoms with Gasteiger partial charge in [-0.05, 0) is 68.7 Å². The van der Waals surface area contributed by atoms with Gasteiger partial charge in [-0.25, -0.2) is 8.42 Å². The summed E-state index contributed by atoms with van der Waals surface area (Å²) in [5.41, 5.74) is 0.421. The number of carbonyl (C=O) groups excluding carboxylic acids is 2. The molecule has 240 valence electrons. The fraction of sp³-hybridized carbons (Fsp3) is 0.355. The maximum atomic E-state index is 14.2. The summed E-state index contributed by atoms with van der Waals surface area (Å²) in [6.45, 7) is 2.24. The zero-order valence-corrected chi connectivity index (χ0v) is 27.4. The molecule has 3 aromatic rings. The van der Waals surface area contributed by atoms with E-state index in [4.69, 9.17) is 27.9 Å². The third kappa shape index (κ3) is 8.05. The second-order valence-electron chi connectivity index (χ2n) is 10.9. The summed E-state index contributed by atoms with van der Waals surface area (Å²) in [6, 6.07) is 13.6. The summed E-state index contributed by atoms with van der Waals surface area (Å²) < 4.78 is 34.7. The smallest absolute Gasteiger partial charge is 0.273 e. The largest absolute Gasteiger partial charge is 0.495 e. The maximum Gasteiger partial charge on any atom is 0.273 e. The summed E-state index contributed by atoms with van der Waals surface area (Å²) in [4.78, 5) is 39.5. The summed E-state index contributed by atoms with van der Waals surface area (Å²) in [5, 5.41) is 15.3. The number of nitrogens with zero attached hydrogens (tertiary/aromatic N) is 3. The number of halogens is 2. The lowest BCUT2D eigenvalue weighted by Gasteiger charge is -2.33. The van der Waals surface area contributed by atoms with Crippen LogP contribution in [0.15, 0.2) is 65.6 Å². The van der Waals surface area contributed by atoms with Crippen molar-refractivity contribution in [2.24, 2.45) is 0 Å². The Balaban J connectivity index is 1.79. The van der Waals surface area contributed by atoms with Gasteiger partial charge in [0.2, 0.25) is 11.8 Å². The number of benzene rings is 3. The van der Waals surface area contributed by atoms with Gasteiger partial charge in [-0.15, -0.1) is 0 Å². The third-order valence-electron chi connectivity index (χ3n) is 7.76. The first-order valence-electron chi connectivity index (χ1n) is 14.3. The molecule has 3 aromatic carbocycles. The van der Waals surface area contributed by atoms with Crippen molar-refractivity contribution in [2.45, 2.75) is 63.1 Å². The van der Waals surface area contributed by atoms with Crippen LogP contribution in [0.4, 0.5) is 11.4 Å². The summed E-state index contributed by atoms with van der Waals surface area (Å²) in [7, 11) is -3.30. The number of ether oxygens (including phenoxy) is 1. The molecule has 11 nitrogen and oxygen atoms in total. The molecule has 0 aliphatic heterocycles. The van der Waals surface area contributed by atoms with Crippen LogP contribution in [0.3, 0.4) is 0 Å². The molecule has 14 heteroatoms. The van der Waals surface area contributed by atoms with Crippen molar-refractivity contribution in [3.05, 3.63) is 92.0 Å².